The number of aryl methyl sites for hydroxylation is 1. The van der Waals surface area contributed by atoms with Crippen LogP contribution in [0.25, 0.3) is 11.5 Å². The summed E-state index contributed by atoms with van der Waals surface area (Å²) in [7, 11) is 0. The third-order valence-electron chi connectivity index (χ3n) is 4.20. The topological polar surface area (TPSA) is 32.5 Å². The lowest BCUT2D eigenvalue weighted by Gasteiger charge is -2.33. The van der Waals surface area contributed by atoms with Crippen LogP contribution in [0.4, 0.5) is 0 Å². The third-order valence-corrected chi connectivity index (χ3v) is 4.20. The zero-order valence-electron chi connectivity index (χ0n) is 12.9. The Morgan fingerprint density at radius 3 is 2.38 bits per heavy atom. The van der Waals surface area contributed by atoms with E-state index >= 15 is 0 Å². The molecule has 0 atom stereocenters. The highest BCUT2D eigenvalue weighted by Crippen LogP contribution is 2.22. The van der Waals surface area contributed by atoms with Gasteiger partial charge in [0.25, 0.3) is 0 Å². The summed E-state index contributed by atoms with van der Waals surface area (Å²) < 4.78 is 5.84. The van der Waals surface area contributed by atoms with Crippen LogP contribution in [-0.4, -0.2) is 47.5 Å². The molecule has 1 aromatic heterocycles. The van der Waals surface area contributed by atoms with Gasteiger partial charge in [0.2, 0.25) is 5.89 Å². The van der Waals surface area contributed by atoms with E-state index in [1.54, 1.807) is 0 Å². The number of rotatable bonds is 4. The molecule has 1 aliphatic heterocycles. The van der Waals surface area contributed by atoms with Gasteiger partial charge in [-0.05, 0) is 25.6 Å². The van der Waals surface area contributed by atoms with Crippen molar-refractivity contribution in [1.29, 1.82) is 0 Å². The number of piperazine rings is 1. The largest absolute Gasteiger partial charge is 0.441 e. The van der Waals surface area contributed by atoms with Crippen molar-refractivity contribution in [2.24, 2.45) is 0 Å². The number of hydrogen-bond acceptors (Lipinski definition) is 4. The van der Waals surface area contributed by atoms with Crippen LogP contribution in [0, 0.1) is 6.92 Å². The molecule has 0 aliphatic carbocycles. The molecule has 0 N–H and O–H groups in total. The summed E-state index contributed by atoms with van der Waals surface area (Å²) >= 11 is 0. The minimum absolute atomic E-state index is 0.732. The lowest BCUT2D eigenvalue weighted by atomic mass is 10.2. The molecule has 1 aromatic carbocycles. The van der Waals surface area contributed by atoms with Crippen LogP contribution in [0.3, 0.4) is 0 Å². The summed E-state index contributed by atoms with van der Waals surface area (Å²) in [6.45, 7) is 10.8. The predicted octanol–water partition coefficient (Wildman–Crippen LogP) is 2.79. The van der Waals surface area contributed by atoms with Crippen molar-refractivity contribution in [3.05, 3.63) is 41.8 Å². The van der Waals surface area contributed by atoms with Crippen molar-refractivity contribution >= 4 is 0 Å². The maximum Gasteiger partial charge on any atom is 0.226 e. The molecule has 0 spiro atoms. The van der Waals surface area contributed by atoms with Crippen LogP contribution >= 0.6 is 0 Å². The normalized spacial score (nSPS) is 17.2. The summed E-state index contributed by atoms with van der Waals surface area (Å²) in [5.41, 5.74) is 2.11. The van der Waals surface area contributed by atoms with E-state index in [9.17, 15) is 0 Å². The molecule has 2 heterocycles. The van der Waals surface area contributed by atoms with E-state index in [1.807, 2.05) is 37.3 Å². The van der Waals surface area contributed by atoms with E-state index in [0.29, 0.717) is 0 Å². The van der Waals surface area contributed by atoms with Crippen molar-refractivity contribution in [2.45, 2.75) is 20.4 Å². The maximum atomic E-state index is 5.84. The van der Waals surface area contributed by atoms with Crippen molar-refractivity contribution in [1.82, 2.24) is 14.8 Å². The van der Waals surface area contributed by atoms with E-state index in [4.69, 9.17) is 9.40 Å². The molecule has 0 unspecified atom stereocenters. The molecule has 21 heavy (non-hydrogen) atoms. The molecule has 4 heteroatoms. The van der Waals surface area contributed by atoms with Gasteiger partial charge in [-0.15, -0.1) is 0 Å². The Bertz CT molecular complexity index is 571. The van der Waals surface area contributed by atoms with E-state index in [1.165, 1.54) is 0 Å². The highest BCUT2D eigenvalue weighted by molar-refractivity contribution is 5.53. The molecule has 1 saturated heterocycles. The number of likely N-dealkylation sites (N-methyl/N-ethyl adjacent to an activating group) is 1. The molecule has 3 rings (SSSR count). The molecule has 4 nitrogen and oxygen atoms in total. The minimum Gasteiger partial charge on any atom is -0.441 e. The van der Waals surface area contributed by atoms with E-state index in [0.717, 1.165) is 62.2 Å². The molecule has 0 bridgehead atoms. The lowest BCUT2D eigenvalue weighted by Crippen LogP contribution is -2.45. The second-order valence-electron chi connectivity index (χ2n) is 5.60. The molecule has 1 aliphatic rings. The molecule has 112 valence electrons. The summed E-state index contributed by atoms with van der Waals surface area (Å²) in [6.07, 6.45) is 0. The van der Waals surface area contributed by atoms with Crippen molar-refractivity contribution in [3.63, 3.8) is 0 Å². The second-order valence-corrected chi connectivity index (χ2v) is 5.60. The highest BCUT2D eigenvalue weighted by Gasteiger charge is 2.19. The zero-order chi connectivity index (χ0) is 14.7. The first kappa shape index (κ1) is 14.3. The van der Waals surface area contributed by atoms with Crippen LogP contribution in [0.15, 0.2) is 34.7 Å². The fourth-order valence-electron chi connectivity index (χ4n) is 2.75. The molecule has 0 amide bonds. The monoisotopic (exact) mass is 285 g/mol. The van der Waals surface area contributed by atoms with Gasteiger partial charge in [0.05, 0.1) is 5.69 Å². The molecule has 0 saturated carbocycles. The van der Waals surface area contributed by atoms with Crippen molar-refractivity contribution in [2.75, 3.05) is 32.7 Å². The van der Waals surface area contributed by atoms with Crippen LogP contribution in [-0.2, 0) is 6.54 Å². The first-order valence-electron chi connectivity index (χ1n) is 7.72. The van der Waals surface area contributed by atoms with Gasteiger partial charge < -0.3 is 9.32 Å². The van der Waals surface area contributed by atoms with Gasteiger partial charge in [0.1, 0.15) is 5.76 Å². The fourth-order valence-corrected chi connectivity index (χ4v) is 2.75. The average molecular weight is 285 g/mol. The second kappa shape index (κ2) is 6.41. The molecular formula is C17H23N3O. The van der Waals surface area contributed by atoms with Crippen molar-refractivity contribution < 1.29 is 4.42 Å². The van der Waals surface area contributed by atoms with Gasteiger partial charge in [-0.1, -0.05) is 25.1 Å². The Labute approximate surface area is 126 Å². The summed E-state index contributed by atoms with van der Waals surface area (Å²) in [5.74, 6) is 1.67. The molecule has 0 radical (unpaired) electrons. The lowest BCUT2D eigenvalue weighted by molar-refractivity contribution is 0.130. The van der Waals surface area contributed by atoms with Crippen LogP contribution < -0.4 is 0 Å². The number of nitrogens with zero attached hydrogens (tertiary/aromatic N) is 3. The Morgan fingerprint density at radius 1 is 1.05 bits per heavy atom. The Balaban J connectivity index is 1.68. The molecular weight excluding hydrogens is 262 g/mol. The summed E-state index contributed by atoms with van der Waals surface area (Å²) in [6, 6.07) is 10.1. The van der Waals surface area contributed by atoms with E-state index in [2.05, 4.69) is 16.7 Å². The number of oxazole rings is 1. The van der Waals surface area contributed by atoms with Gasteiger partial charge in [-0.2, -0.15) is 0 Å². The van der Waals surface area contributed by atoms with Crippen LogP contribution in [0.1, 0.15) is 18.4 Å². The van der Waals surface area contributed by atoms with Gasteiger partial charge in [-0.25, -0.2) is 4.98 Å². The smallest absolute Gasteiger partial charge is 0.226 e. The SMILES string of the molecule is CCN1CCN(Cc2nc(-c3ccccc3)oc2C)CC1. The van der Waals surface area contributed by atoms with Gasteiger partial charge in [0.15, 0.2) is 0 Å². The van der Waals surface area contributed by atoms with Crippen molar-refractivity contribution in [3.8, 4) is 11.5 Å². The standard InChI is InChI=1S/C17H23N3O/c1-3-19-9-11-20(12-10-19)13-16-14(2)21-17(18-16)15-7-5-4-6-8-15/h4-8H,3,9-13H2,1-2H3. The number of benzene rings is 1. The average Bonchev–Trinajstić information content (AvgIpc) is 2.90. The third kappa shape index (κ3) is 3.34. The first-order chi connectivity index (χ1) is 10.3. The quantitative estimate of drug-likeness (QED) is 0.864. The Kier molecular flexibility index (Phi) is 4.36. The van der Waals surface area contributed by atoms with E-state index < -0.39 is 0 Å². The molecule has 2 aromatic rings. The Morgan fingerprint density at radius 2 is 1.71 bits per heavy atom. The number of hydrogen-bond donors (Lipinski definition) is 0. The van der Waals surface area contributed by atoms with Gasteiger partial charge in [-0.3, -0.25) is 4.90 Å². The van der Waals surface area contributed by atoms with Crippen LogP contribution in [0.5, 0.6) is 0 Å². The maximum absolute atomic E-state index is 5.84. The molecule has 1 fully saturated rings. The van der Waals surface area contributed by atoms with Gasteiger partial charge >= 0.3 is 0 Å². The Hall–Kier alpha value is -1.65. The van der Waals surface area contributed by atoms with Crippen LogP contribution in [0.2, 0.25) is 0 Å². The van der Waals surface area contributed by atoms with E-state index in [-0.39, 0.29) is 0 Å². The highest BCUT2D eigenvalue weighted by atomic mass is 16.4. The first-order valence-corrected chi connectivity index (χ1v) is 7.72. The van der Waals surface area contributed by atoms with Gasteiger partial charge in [0, 0.05) is 38.3 Å². The minimum atomic E-state index is 0.732. The number of aromatic nitrogens is 1. The predicted molar refractivity (Wildman–Crippen MR) is 84.1 cm³/mol. The fraction of sp³-hybridized carbons (Fsp3) is 0.471. The summed E-state index contributed by atoms with van der Waals surface area (Å²) in [4.78, 5) is 9.64. The summed E-state index contributed by atoms with van der Waals surface area (Å²) in [5, 5.41) is 0. The zero-order valence-corrected chi connectivity index (χ0v) is 12.9.